The van der Waals surface area contributed by atoms with Crippen molar-refractivity contribution in [2.75, 3.05) is 31.0 Å². The normalized spacial score (nSPS) is 10.4. The lowest BCUT2D eigenvalue weighted by Gasteiger charge is -2.14. The van der Waals surface area contributed by atoms with Crippen LogP contribution >= 0.6 is 0 Å². The van der Waals surface area contributed by atoms with E-state index in [1.165, 1.54) is 12.0 Å². The lowest BCUT2D eigenvalue weighted by Crippen LogP contribution is -2.13. The van der Waals surface area contributed by atoms with Crippen LogP contribution in [0.5, 0.6) is 6.01 Å². The van der Waals surface area contributed by atoms with E-state index < -0.39 is 0 Å². The van der Waals surface area contributed by atoms with Crippen molar-refractivity contribution in [3.63, 3.8) is 0 Å². The summed E-state index contributed by atoms with van der Waals surface area (Å²) in [6.07, 6.45) is 6.49. The van der Waals surface area contributed by atoms with E-state index >= 15 is 0 Å². The Bertz CT molecular complexity index is 960. The molecule has 2 aromatic heterocycles. The van der Waals surface area contributed by atoms with Crippen LogP contribution in [0.2, 0.25) is 0 Å². The molecule has 3 rings (SSSR count). The number of hydrogen-bond acceptors (Lipinski definition) is 7. The Labute approximate surface area is 191 Å². The highest BCUT2D eigenvalue weighted by Gasteiger charge is 2.07. The fourth-order valence-corrected chi connectivity index (χ4v) is 2.65. The number of nitrogens with zero attached hydrogens (tertiary/aromatic N) is 5. The minimum atomic E-state index is 0.325. The van der Waals surface area contributed by atoms with E-state index in [0.29, 0.717) is 18.4 Å². The fraction of sp³-hybridized carbons (Fsp3) is 0.360. The monoisotopic (exact) mass is 434 g/mol. The van der Waals surface area contributed by atoms with Crippen molar-refractivity contribution in [3.8, 4) is 6.01 Å². The Morgan fingerprint density at radius 3 is 2.56 bits per heavy atom. The van der Waals surface area contributed by atoms with Gasteiger partial charge in [-0.3, -0.25) is 10.4 Å². The minimum absolute atomic E-state index is 0.325. The zero-order valence-electron chi connectivity index (χ0n) is 19.7. The van der Waals surface area contributed by atoms with E-state index in [1.807, 2.05) is 55.4 Å². The second kappa shape index (κ2) is 13.7. The molecule has 1 N–H and O–H groups in total. The standard InChI is InChI=1S/C22H26N6O.C3H8/c1-17-8-6-9-18(14-17)16-24-27-20-15-21(28(2)3)26-22(25-20)29-13-7-11-19-10-4-5-12-23-19;1-3-2/h4-6,8-10,12,14-16H,7,11,13H2,1-3H3,(H,25,26,27);3H2,1-2H3/b24-16+;. The Morgan fingerprint density at radius 1 is 1.06 bits per heavy atom. The maximum absolute atomic E-state index is 5.77. The van der Waals surface area contributed by atoms with Gasteiger partial charge in [-0.25, -0.2) is 0 Å². The molecule has 0 aliphatic rings. The van der Waals surface area contributed by atoms with E-state index in [0.717, 1.165) is 29.9 Å². The largest absolute Gasteiger partial charge is 0.463 e. The zero-order chi connectivity index (χ0) is 23.2. The Morgan fingerprint density at radius 2 is 1.88 bits per heavy atom. The van der Waals surface area contributed by atoms with Crippen molar-refractivity contribution in [3.05, 3.63) is 71.5 Å². The molecule has 2 heterocycles. The van der Waals surface area contributed by atoms with E-state index in [9.17, 15) is 0 Å². The Hall–Kier alpha value is -3.48. The van der Waals surface area contributed by atoms with Crippen molar-refractivity contribution in [2.24, 2.45) is 5.10 Å². The number of ether oxygens (including phenoxy) is 1. The molecule has 0 saturated carbocycles. The van der Waals surface area contributed by atoms with Gasteiger partial charge in [-0.1, -0.05) is 56.2 Å². The van der Waals surface area contributed by atoms with Crippen LogP contribution in [0.15, 0.2) is 59.8 Å². The summed E-state index contributed by atoms with van der Waals surface area (Å²) in [5, 5.41) is 4.28. The van der Waals surface area contributed by atoms with Gasteiger partial charge in [0.25, 0.3) is 0 Å². The topological polar surface area (TPSA) is 75.5 Å². The number of aromatic nitrogens is 3. The molecule has 0 radical (unpaired) electrons. The second-order valence-corrected chi connectivity index (χ2v) is 7.55. The first-order valence-electron chi connectivity index (χ1n) is 11.0. The molecule has 7 heteroatoms. The third kappa shape index (κ3) is 9.12. The number of hydrazone groups is 1. The molecule has 0 amide bonds. The first-order valence-corrected chi connectivity index (χ1v) is 11.0. The third-order valence-electron chi connectivity index (χ3n) is 4.12. The molecule has 0 bridgehead atoms. The number of aryl methyl sites for hydroxylation is 2. The number of pyridine rings is 1. The van der Waals surface area contributed by atoms with Gasteiger partial charge >= 0.3 is 6.01 Å². The molecule has 7 nitrogen and oxygen atoms in total. The average Bonchev–Trinajstić information content (AvgIpc) is 2.78. The summed E-state index contributed by atoms with van der Waals surface area (Å²) in [4.78, 5) is 15.1. The van der Waals surface area contributed by atoms with Gasteiger partial charge in [-0.15, -0.1) is 0 Å². The van der Waals surface area contributed by atoms with Gasteiger partial charge in [-0.05, 0) is 37.5 Å². The molecule has 0 atom stereocenters. The highest BCUT2D eigenvalue weighted by atomic mass is 16.5. The van der Waals surface area contributed by atoms with Crippen LogP contribution in [0.3, 0.4) is 0 Å². The van der Waals surface area contributed by atoms with Gasteiger partial charge in [0.05, 0.1) is 12.8 Å². The molecule has 0 aliphatic carbocycles. The van der Waals surface area contributed by atoms with Crippen LogP contribution in [0.4, 0.5) is 11.6 Å². The maximum Gasteiger partial charge on any atom is 0.320 e. The number of anilines is 2. The zero-order valence-corrected chi connectivity index (χ0v) is 19.7. The van der Waals surface area contributed by atoms with Crippen molar-refractivity contribution in [1.29, 1.82) is 0 Å². The van der Waals surface area contributed by atoms with Crippen molar-refractivity contribution < 1.29 is 4.74 Å². The number of rotatable bonds is 9. The Balaban J connectivity index is 0.00000114. The molecule has 0 fully saturated rings. The molecular weight excluding hydrogens is 400 g/mol. The van der Waals surface area contributed by atoms with Gasteiger partial charge < -0.3 is 9.64 Å². The highest BCUT2D eigenvalue weighted by molar-refractivity contribution is 5.80. The molecule has 32 heavy (non-hydrogen) atoms. The van der Waals surface area contributed by atoms with Crippen LogP contribution in [-0.2, 0) is 6.42 Å². The smallest absolute Gasteiger partial charge is 0.320 e. The van der Waals surface area contributed by atoms with Crippen molar-refractivity contribution >= 4 is 17.9 Å². The first-order chi connectivity index (χ1) is 15.5. The van der Waals surface area contributed by atoms with Crippen molar-refractivity contribution in [1.82, 2.24) is 15.0 Å². The fourth-order valence-electron chi connectivity index (χ4n) is 2.65. The molecule has 0 spiro atoms. The molecule has 1 aromatic carbocycles. The maximum atomic E-state index is 5.77. The van der Waals surface area contributed by atoms with Gasteiger partial charge in [0, 0.05) is 32.1 Å². The minimum Gasteiger partial charge on any atom is -0.463 e. The number of nitrogens with one attached hydrogen (secondary N) is 1. The van der Waals surface area contributed by atoms with E-state index in [2.05, 4.69) is 58.4 Å². The predicted molar refractivity (Wildman–Crippen MR) is 133 cm³/mol. The molecule has 0 aliphatic heterocycles. The molecule has 3 aromatic rings. The van der Waals surface area contributed by atoms with Gasteiger partial charge in [0.15, 0.2) is 5.82 Å². The summed E-state index contributed by atoms with van der Waals surface area (Å²) in [6.45, 7) is 6.81. The third-order valence-corrected chi connectivity index (χ3v) is 4.12. The number of hydrogen-bond donors (Lipinski definition) is 1. The van der Waals surface area contributed by atoms with E-state index in [-0.39, 0.29) is 0 Å². The summed E-state index contributed by atoms with van der Waals surface area (Å²) in [7, 11) is 3.85. The highest BCUT2D eigenvalue weighted by Crippen LogP contribution is 2.18. The first kappa shape index (κ1) is 24.8. The summed E-state index contributed by atoms with van der Waals surface area (Å²) in [5.41, 5.74) is 6.22. The summed E-state index contributed by atoms with van der Waals surface area (Å²) in [5.74, 6) is 1.32. The Kier molecular flexibility index (Phi) is 10.6. The van der Waals surface area contributed by atoms with Gasteiger partial charge in [0.1, 0.15) is 5.82 Å². The summed E-state index contributed by atoms with van der Waals surface area (Å²) >= 11 is 0. The SMILES string of the molecule is CCC.Cc1cccc(/C=N/Nc2cc(N(C)C)nc(OCCCc3ccccn3)n2)c1. The van der Waals surface area contributed by atoms with Gasteiger partial charge in [0.2, 0.25) is 0 Å². The van der Waals surface area contributed by atoms with Crippen LogP contribution < -0.4 is 15.1 Å². The lowest BCUT2D eigenvalue weighted by atomic mass is 10.2. The molecule has 0 saturated heterocycles. The van der Waals surface area contributed by atoms with Crippen molar-refractivity contribution in [2.45, 2.75) is 40.0 Å². The molecule has 170 valence electrons. The van der Waals surface area contributed by atoms with Gasteiger partial charge in [-0.2, -0.15) is 15.1 Å². The van der Waals surface area contributed by atoms with E-state index in [1.54, 1.807) is 12.4 Å². The lowest BCUT2D eigenvalue weighted by molar-refractivity contribution is 0.287. The molecular formula is C25H34N6O. The van der Waals surface area contributed by atoms with Crippen LogP contribution in [0.25, 0.3) is 0 Å². The summed E-state index contributed by atoms with van der Waals surface area (Å²) < 4.78 is 5.77. The average molecular weight is 435 g/mol. The van der Waals surface area contributed by atoms with Crippen LogP contribution in [-0.4, -0.2) is 41.9 Å². The molecule has 0 unspecified atom stereocenters. The van der Waals surface area contributed by atoms with Crippen LogP contribution in [0, 0.1) is 6.92 Å². The second-order valence-electron chi connectivity index (χ2n) is 7.55. The van der Waals surface area contributed by atoms with E-state index in [4.69, 9.17) is 4.74 Å². The van der Waals surface area contributed by atoms with Crippen LogP contribution in [0.1, 0.15) is 43.5 Å². The summed E-state index contributed by atoms with van der Waals surface area (Å²) in [6, 6.07) is 16.2. The predicted octanol–water partition coefficient (Wildman–Crippen LogP) is 5.12. The quantitative estimate of drug-likeness (QED) is 0.286. The number of benzene rings is 1.